The van der Waals surface area contributed by atoms with Gasteiger partial charge in [0.1, 0.15) is 11.5 Å². The highest BCUT2D eigenvalue weighted by Gasteiger charge is 2.20. The Morgan fingerprint density at radius 3 is 2.38 bits per heavy atom. The molecule has 0 saturated carbocycles. The zero-order chi connectivity index (χ0) is 18.9. The second kappa shape index (κ2) is 9.74. The number of anilines is 1. The van der Waals surface area contributed by atoms with Crippen LogP contribution in [-0.2, 0) is 4.79 Å². The summed E-state index contributed by atoms with van der Waals surface area (Å²) in [5, 5.41) is 11.4. The Bertz CT molecular complexity index is 601. The molecule has 0 atom stereocenters. The van der Waals surface area contributed by atoms with Crippen LogP contribution in [0, 0.1) is 0 Å². The first kappa shape index (κ1) is 19.7. The number of urea groups is 1. The van der Waals surface area contributed by atoms with Crippen LogP contribution in [-0.4, -0.2) is 69.0 Å². The standard InChI is InChI=1S/C18H27N3O5/c1-25-15-11-14(12-16(13-15)26-2)20-7-4-8-21(10-9-20)18(24)19-6-3-5-17(22)23/h11-13H,3-10H2,1-2H3,(H,19,24)(H,22,23). The number of hydrogen-bond acceptors (Lipinski definition) is 5. The van der Waals surface area contributed by atoms with Crippen LogP contribution in [0.1, 0.15) is 19.3 Å². The number of aliphatic carboxylic acids is 1. The van der Waals surface area contributed by atoms with Gasteiger partial charge in [0.15, 0.2) is 0 Å². The van der Waals surface area contributed by atoms with E-state index in [1.165, 1.54) is 0 Å². The number of benzene rings is 1. The average molecular weight is 365 g/mol. The number of ether oxygens (including phenoxy) is 2. The minimum absolute atomic E-state index is 0.0612. The van der Waals surface area contributed by atoms with E-state index in [0.717, 1.165) is 30.2 Å². The molecule has 1 aliphatic heterocycles. The van der Waals surface area contributed by atoms with Gasteiger partial charge in [-0.1, -0.05) is 0 Å². The summed E-state index contributed by atoms with van der Waals surface area (Å²) in [5.41, 5.74) is 1.00. The van der Waals surface area contributed by atoms with Gasteiger partial charge in [-0.05, 0) is 12.8 Å². The Morgan fingerprint density at radius 2 is 1.77 bits per heavy atom. The Labute approximate surface area is 153 Å². The molecule has 0 spiro atoms. The van der Waals surface area contributed by atoms with Crippen LogP contribution < -0.4 is 19.7 Å². The summed E-state index contributed by atoms with van der Waals surface area (Å²) in [4.78, 5) is 26.7. The number of methoxy groups -OCH3 is 2. The van der Waals surface area contributed by atoms with E-state index in [4.69, 9.17) is 14.6 Å². The smallest absolute Gasteiger partial charge is 0.317 e. The number of nitrogens with one attached hydrogen (secondary N) is 1. The topological polar surface area (TPSA) is 91.3 Å². The predicted octanol–water partition coefficient (Wildman–Crippen LogP) is 1.79. The minimum atomic E-state index is -0.849. The van der Waals surface area contributed by atoms with Crippen LogP contribution in [0.2, 0.25) is 0 Å². The van der Waals surface area contributed by atoms with Crippen molar-refractivity contribution in [2.24, 2.45) is 0 Å². The first-order valence-corrected chi connectivity index (χ1v) is 8.76. The van der Waals surface area contributed by atoms with Crippen molar-refractivity contribution in [1.29, 1.82) is 0 Å². The van der Waals surface area contributed by atoms with Crippen LogP contribution in [0.15, 0.2) is 18.2 Å². The van der Waals surface area contributed by atoms with E-state index < -0.39 is 5.97 Å². The van der Waals surface area contributed by atoms with E-state index in [1.54, 1.807) is 19.1 Å². The van der Waals surface area contributed by atoms with Crippen molar-refractivity contribution in [2.45, 2.75) is 19.3 Å². The zero-order valence-electron chi connectivity index (χ0n) is 15.4. The highest BCUT2D eigenvalue weighted by Crippen LogP contribution is 2.29. The quantitative estimate of drug-likeness (QED) is 0.716. The number of carbonyl (C=O) groups is 2. The summed E-state index contributed by atoms with van der Waals surface area (Å²) in [7, 11) is 3.24. The zero-order valence-corrected chi connectivity index (χ0v) is 15.4. The van der Waals surface area contributed by atoms with E-state index in [9.17, 15) is 9.59 Å². The van der Waals surface area contributed by atoms with Crippen molar-refractivity contribution in [3.8, 4) is 11.5 Å². The number of carboxylic acids is 1. The summed E-state index contributed by atoms with van der Waals surface area (Å²) in [5.74, 6) is 0.617. The maximum Gasteiger partial charge on any atom is 0.317 e. The molecule has 1 saturated heterocycles. The maximum atomic E-state index is 12.2. The molecule has 8 heteroatoms. The van der Waals surface area contributed by atoms with Crippen molar-refractivity contribution in [2.75, 3.05) is 51.8 Å². The number of nitrogens with zero attached hydrogens (tertiary/aromatic N) is 2. The molecule has 1 fully saturated rings. The van der Waals surface area contributed by atoms with Crippen molar-refractivity contribution in [3.05, 3.63) is 18.2 Å². The largest absolute Gasteiger partial charge is 0.497 e. The number of carbonyl (C=O) groups excluding carboxylic acids is 1. The molecule has 0 radical (unpaired) electrons. The second-order valence-electron chi connectivity index (χ2n) is 6.13. The molecular weight excluding hydrogens is 338 g/mol. The van der Waals surface area contributed by atoms with Gasteiger partial charge in [-0.25, -0.2) is 4.79 Å². The third kappa shape index (κ3) is 5.72. The fourth-order valence-corrected chi connectivity index (χ4v) is 2.90. The van der Waals surface area contributed by atoms with E-state index in [-0.39, 0.29) is 12.5 Å². The lowest BCUT2D eigenvalue weighted by molar-refractivity contribution is -0.137. The molecule has 2 amide bonds. The van der Waals surface area contributed by atoms with E-state index >= 15 is 0 Å². The van der Waals surface area contributed by atoms with Gasteiger partial charge in [0.2, 0.25) is 0 Å². The fraction of sp³-hybridized carbons (Fsp3) is 0.556. The van der Waals surface area contributed by atoms with Crippen LogP contribution in [0.5, 0.6) is 11.5 Å². The Kier molecular flexibility index (Phi) is 7.37. The predicted molar refractivity (Wildman–Crippen MR) is 98.2 cm³/mol. The van der Waals surface area contributed by atoms with Gasteiger partial charge >= 0.3 is 12.0 Å². The highest BCUT2D eigenvalue weighted by molar-refractivity contribution is 5.74. The summed E-state index contributed by atoms with van der Waals surface area (Å²) < 4.78 is 10.7. The van der Waals surface area contributed by atoms with Gasteiger partial charge in [-0.2, -0.15) is 0 Å². The molecule has 1 aromatic carbocycles. The molecule has 8 nitrogen and oxygen atoms in total. The summed E-state index contributed by atoms with van der Waals surface area (Å²) in [6, 6.07) is 5.62. The molecule has 0 bridgehead atoms. The summed E-state index contributed by atoms with van der Waals surface area (Å²) in [6.45, 7) is 3.18. The molecule has 1 aliphatic rings. The Hall–Kier alpha value is -2.64. The summed E-state index contributed by atoms with van der Waals surface area (Å²) >= 11 is 0. The summed E-state index contributed by atoms with van der Waals surface area (Å²) in [6.07, 6.45) is 1.35. The third-order valence-corrected chi connectivity index (χ3v) is 4.33. The fourth-order valence-electron chi connectivity index (χ4n) is 2.90. The Morgan fingerprint density at radius 1 is 1.08 bits per heavy atom. The first-order chi connectivity index (χ1) is 12.5. The molecule has 26 heavy (non-hydrogen) atoms. The highest BCUT2D eigenvalue weighted by atomic mass is 16.5. The third-order valence-electron chi connectivity index (χ3n) is 4.33. The molecule has 0 unspecified atom stereocenters. The van der Waals surface area contributed by atoms with E-state index in [0.29, 0.717) is 32.6 Å². The van der Waals surface area contributed by atoms with Crippen LogP contribution in [0.4, 0.5) is 10.5 Å². The van der Waals surface area contributed by atoms with Crippen molar-refractivity contribution in [1.82, 2.24) is 10.2 Å². The molecular formula is C18H27N3O5. The monoisotopic (exact) mass is 365 g/mol. The molecule has 144 valence electrons. The lowest BCUT2D eigenvalue weighted by Crippen LogP contribution is -2.42. The van der Waals surface area contributed by atoms with Crippen LogP contribution >= 0.6 is 0 Å². The minimum Gasteiger partial charge on any atom is -0.497 e. The number of carboxylic acid groups (broad SMARTS) is 1. The first-order valence-electron chi connectivity index (χ1n) is 8.76. The van der Waals surface area contributed by atoms with Gasteiger partial charge < -0.3 is 29.7 Å². The lowest BCUT2D eigenvalue weighted by atomic mass is 10.2. The van der Waals surface area contributed by atoms with Crippen LogP contribution in [0.25, 0.3) is 0 Å². The van der Waals surface area contributed by atoms with Gasteiger partial charge in [-0.15, -0.1) is 0 Å². The molecule has 1 aromatic rings. The van der Waals surface area contributed by atoms with Gasteiger partial charge in [0.25, 0.3) is 0 Å². The van der Waals surface area contributed by atoms with Gasteiger partial charge in [0.05, 0.1) is 14.2 Å². The van der Waals surface area contributed by atoms with Crippen LogP contribution in [0.3, 0.4) is 0 Å². The normalized spacial score (nSPS) is 14.5. The SMILES string of the molecule is COc1cc(OC)cc(N2CCCN(C(=O)NCCCC(=O)O)CC2)c1. The van der Waals surface area contributed by atoms with Crippen molar-refractivity contribution >= 4 is 17.7 Å². The van der Waals surface area contributed by atoms with Gasteiger partial charge in [-0.3, -0.25) is 4.79 Å². The lowest BCUT2D eigenvalue weighted by Gasteiger charge is -2.24. The molecule has 2 N–H and O–H groups in total. The van der Waals surface area contributed by atoms with E-state index in [2.05, 4.69) is 10.2 Å². The second-order valence-corrected chi connectivity index (χ2v) is 6.13. The number of hydrogen-bond donors (Lipinski definition) is 2. The molecule has 1 heterocycles. The van der Waals surface area contributed by atoms with Crippen molar-refractivity contribution < 1.29 is 24.2 Å². The number of amides is 2. The van der Waals surface area contributed by atoms with E-state index in [1.807, 2.05) is 18.2 Å². The average Bonchev–Trinajstić information content (AvgIpc) is 2.90. The molecule has 0 aliphatic carbocycles. The Balaban J connectivity index is 1.91. The molecule has 2 rings (SSSR count). The van der Waals surface area contributed by atoms with Gasteiger partial charge in [0, 0.05) is 63.0 Å². The molecule has 0 aromatic heterocycles. The van der Waals surface area contributed by atoms with Crippen molar-refractivity contribution in [3.63, 3.8) is 0 Å². The maximum absolute atomic E-state index is 12.2. The number of rotatable bonds is 7.